The maximum absolute atomic E-state index is 5.44. The lowest BCUT2D eigenvalue weighted by Crippen LogP contribution is -2.17. The van der Waals surface area contributed by atoms with E-state index >= 15 is 0 Å². The summed E-state index contributed by atoms with van der Waals surface area (Å²) in [5.74, 6) is 0.594. The highest BCUT2D eigenvalue weighted by atomic mass is 32.1. The summed E-state index contributed by atoms with van der Waals surface area (Å²) in [5.41, 5.74) is 6.27. The molecule has 0 radical (unpaired) electrons. The van der Waals surface area contributed by atoms with Gasteiger partial charge in [-0.3, -0.25) is 0 Å². The largest absolute Gasteiger partial charge is 0.421 e. The zero-order valence-electron chi connectivity index (χ0n) is 7.76. The van der Waals surface area contributed by atoms with Crippen LogP contribution in [0.4, 0.5) is 6.01 Å². The Labute approximate surface area is 82.5 Å². The van der Waals surface area contributed by atoms with E-state index in [0.717, 1.165) is 18.5 Å². The Balaban J connectivity index is 2.96. The average Bonchev–Trinajstić information content (AvgIpc) is 2.46. The number of thiocarbonyl (C=S) groups is 1. The number of nitrogens with one attached hydrogen (secondary N) is 1. The maximum Gasteiger partial charge on any atom is 0.292 e. The first-order valence-corrected chi connectivity index (χ1v) is 4.57. The molecule has 72 valence electrons. The van der Waals surface area contributed by atoms with Gasteiger partial charge in [-0.15, -0.1) is 0 Å². The van der Waals surface area contributed by atoms with Gasteiger partial charge < -0.3 is 15.5 Å². The molecule has 0 unspecified atom stereocenters. The van der Waals surface area contributed by atoms with Crippen LogP contribution in [0.5, 0.6) is 0 Å². The normalized spacial score (nSPS) is 10.0. The van der Waals surface area contributed by atoms with Crippen LogP contribution in [0, 0.1) is 0 Å². The second-order valence-electron chi connectivity index (χ2n) is 2.66. The molecule has 0 saturated carbocycles. The number of hydrogen-bond donors (Lipinski definition) is 2. The molecule has 0 amide bonds. The fraction of sp³-hybridized carbons (Fsp3) is 0.500. The molecule has 0 bridgehead atoms. The third kappa shape index (κ3) is 2.18. The Kier molecular flexibility index (Phi) is 3.25. The van der Waals surface area contributed by atoms with Crippen molar-refractivity contribution >= 4 is 23.2 Å². The molecule has 0 saturated heterocycles. The van der Waals surface area contributed by atoms with Crippen molar-refractivity contribution in [2.45, 2.75) is 19.8 Å². The second-order valence-corrected chi connectivity index (χ2v) is 3.07. The van der Waals surface area contributed by atoms with Crippen LogP contribution in [0.25, 0.3) is 0 Å². The Hall–Kier alpha value is -1.10. The Morgan fingerprint density at radius 3 is 2.92 bits per heavy atom. The van der Waals surface area contributed by atoms with Crippen molar-refractivity contribution in [1.29, 1.82) is 0 Å². The quantitative estimate of drug-likeness (QED) is 0.714. The Bertz CT molecular complexity index is 308. The van der Waals surface area contributed by atoms with E-state index in [1.54, 1.807) is 7.05 Å². The third-order valence-corrected chi connectivity index (χ3v) is 2.02. The number of aromatic nitrogens is 1. The summed E-state index contributed by atoms with van der Waals surface area (Å²) >= 11 is 5.04. The van der Waals surface area contributed by atoms with Crippen LogP contribution in [-0.2, 0) is 6.42 Å². The van der Waals surface area contributed by atoms with Crippen LogP contribution in [0.1, 0.15) is 24.8 Å². The molecule has 0 aliphatic carbocycles. The number of aryl methyl sites for hydroxylation is 1. The molecule has 3 N–H and O–H groups in total. The van der Waals surface area contributed by atoms with Gasteiger partial charge in [0.05, 0.1) is 5.69 Å². The minimum Gasteiger partial charge on any atom is -0.421 e. The molecule has 1 aromatic rings. The molecule has 0 atom stereocenters. The molecule has 0 fully saturated rings. The van der Waals surface area contributed by atoms with Crippen molar-refractivity contribution in [2.24, 2.45) is 0 Å². The third-order valence-electron chi connectivity index (χ3n) is 1.63. The summed E-state index contributed by atoms with van der Waals surface area (Å²) in [4.78, 5) is 4.60. The molecule has 0 aliphatic heterocycles. The molecule has 5 heteroatoms. The van der Waals surface area contributed by atoms with Gasteiger partial charge in [-0.05, 0) is 6.42 Å². The number of oxazole rings is 1. The molecular formula is C8H13N3OS. The Morgan fingerprint density at radius 2 is 2.38 bits per heavy atom. The van der Waals surface area contributed by atoms with E-state index in [-0.39, 0.29) is 6.01 Å². The highest BCUT2D eigenvalue weighted by Crippen LogP contribution is 2.14. The number of nitrogen functional groups attached to an aromatic ring is 1. The van der Waals surface area contributed by atoms with Gasteiger partial charge >= 0.3 is 0 Å². The highest BCUT2D eigenvalue weighted by molar-refractivity contribution is 7.80. The fourth-order valence-corrected chi connectivity index (χ4v) is 1.23. The predicted octanol–water partition coefficient (Wildman–Crippen LogP) is 1.10. The molecule has 4 nitrogen and oxygen atoms in total. The van der Waals surface area contributed by atoms with Crippen molar-refractivity contribution in [3.05, 3.63) is 11.5 Å². The summed E-state index contributed by atoms with van der Waals surface area (Å²) < 4.78 is 5.18. The van der Waals surface area contributed by atoms with E-state index in [9.17, 15) is 0 Å². The average molecular weight is 199 g/mol. The predicted molar refractivity (Wildman–Crippen MR) is 55.7 cm³/mol. The Morgan fingerprint density at radius 1 is 1.69 bits per heavy atom. The van der Waals surface area contributed by atoms with Gasteiger partial charge in [0.15, 0.2) is 5.76 Å². The standard InChI is InChI=1S/C8H13N3OS/c1-3-4-5-6(7(13)10-2)12-8(9)11-5/h3-4H2,1-2H3,(H2,9,11)(H,10,13). The SMILES string of the molecule is CCCc1nc(N)oc1C(=S)NC. The van der Waals surface area contributed by atoms with Crippen LogP contribution in [-0.4, -0.2) is 17.0 Å². The monoisotopic (exact) mass is 199 g/mol. The topological polar surface area (TPSA) is 64.1 Å². The maximum atomic E-state index is 5.44. The van der Waals surface area contributed by atoms with Gasteiger partial charge in [0.1, 0.15) is 4.99 Å². The smallest absolute Gasteiger partial charge is 0.292 e. The van der Waals surface area contributed by atoms with E-state index in [4.69, 9.17) is 22.4 Å². The summed E-state index contributed by atoms with van der Waals surface area (Å²) in [5, 5.41) is 2.84. The van der Waals surface area contributed by atoms with E-state index in [0.29, 0.717) is 10.7 Å². The summed E-state index contributed by atoms with van der Waals surface area (Å²) in [6.45, 7) is 2.07. The molecule has 13 heavy (non-hydrogen) atoms. The highest BCUT2D eigenvalue weighted by Gasteiger charge is 2.13. The lowest BCUT2D eigenvalue weighted by Gasteiger charge is -1.99. The molecule has 0 spiro atoms. The summed E-state index contributed by atoms with van der Waals surface area (Å²) in [6.07, 6.45) is 1.82. The van der Waals surface area contributed by atoms with Crippen LogP contribution in [0.3, 0.4) is 0 Å². The molecule has 1 heterocycles. The van der Waals surface area contributed by atoms with Crippen molar-refractivity contribution in [2.75, 3.05) is 12.8 Å². The first-order chi connectivity index (χ1) is 6.19. The van der Waals surface area contributed by atoms with Crippen molar-refractivity contribution in [3.8, 4) is 0 Å². The van der Waals surface area contributed by atoms with Gasteiger partial charge in [0.25, 0.3) is 6.01 Å². The van der Waals surface area contributed by atoms with Crippen molar-refractivity contribution in [3.63, 3.8) is 0 Å². The van der Waals surface area contributed by atoms with Crippen molar-refractivity contribution in [1.82, 2.24) is 10.3 Å². The number of anilines is 1. The van der Waals surface area contributed by atoms with Gasteiger partial charge in [-0.1, -0.05) is 25.6 Å². The van der Waals surface area contributed by atoms with Crippen molar-refractivity contribution < 1.29 is 4.42 Å². The lowest BCUT2D eigenvalue weighted by molar-refractivity contribution is 0.567. The van der Waals surface area contributed by atoms with Gasteiger partial charge in [-0.25, -0.2) is 0 Å². The molecule has 0 aromatic carbocycles. The second kappa shape index (κ2) is 4.23. The molecule has 1 rings (SSSR count). The minimum atomic E-state index is 0.177. The molecule has 1 aromatic heterocycles. The first-order valence-electron chi connectivity index (χ1n) is 4.16. The number of hydrogen-bond acceptors (Lipinski definition) is 4. The first kappa shape index (κ1) is 9.98. The van der Waals surface area contributed by atoms with E-state index in [1.165, 1.54) is 0 Å². The van der Waals surface area contributed by atoms with Gasteiger partial charge in [0, 0.05) is 7.05 Å². The van der Waals surface area contributed by atoms with Gasteiger partial charge in [-0.2, -0.15) is 4.98 Å². The van der Waals surface area contributed by atoms with Crippen LogP contribution >= 0.6 is 12.2 Å². The molecule has 0 aliphatic rings. The number of nitrogens with zero attached hydrogens (tertiary/aromatic N) is 1. The van der Waals surface area contributed by atoms with Crippen LogP contribution in [0.2, 0.25) is 0 Å². The summed E-state index contributed by atoms with van der Waals surface area (Å²) in [6, 6.07) is 0.177. The number of rotatable bonds is 3. The van der Waals surface area contributed by atoms with Crippen LogP contribution < -0.4 is 11.1 Å². The van der Waals surface area contributed by atoms with Crippen LogP contribution in [0.15, 0.2) is 4.42 Å². The lowest BCUT2D eigenvalue weighted by atomic mass is 10.2. The zero-order valence-corrected chi connectivity index (χ0v) is 8.57. The molecular weight excluding hydrogens is 186 g/mol. The minimum absolute atomic E-state index is 0.177. The number of nitrogens with two attached hydrogens (primary N) is 1. The fourth-order valence-electron chi connectivity index (χ4n) is 1.07. The van der Waals surface area contributed by atoms with Gasteiger partial charge in [0.2, 0.25) is 0 Å². The van der Waals surface area contributed by atoms with E-state index in [1.807, 2.05) is 0 Å². The summed E-state index contributed by atoms with van der Waals surface area (Å²) in [7, 11) is 1.75. The zero-order chi connectivity index (χ0) is 9.84. The van der Waals surface area contributed by atoms with E-state index < -0.39 is 0 Å². The van der Waals surface area contributed by atoms with E-state index in [2.05, 4.69) is 17.2 Å².